The van der Waals surface area contributed by atoms with Crippen LogP contribution in [-0.2, 0) is 9.59 Å². The SMILES string of the molecule is O=C(NC1CCCCC1)C(c1ccncc1)N(C(=O)CCl)c1ccc(F)cc1. The summed E-state index contributed by atoms with van der Waals surface area (Å²) in [6.07, 6.45) is 8.32. The maximum Gasteiger partial charge on any atom is 0.248 e. The summed E-state index contributed by atoms with van der Waals surface area (Å²) in [6.45, 7) is 0. The van der Waals surface area contributed by atoms with Crippen LogP contribution in [0.1, 0.15) is 43.7 Å². The molecule has 1 aromatic heterocycles. The van der Waals surface area contributed by atoms with Crippen molar-refractivity contribution >= 4 is 29.1 Å². The first-order chi connectivity index (χ1) is 13.6. The third-order valence-electron chi connectivity index (χ3n) is 4.97. The van der Waals surface area contributed by atoms with E-state index in [1.807, 2.05) is 0 Å². The molecule has 0 spiro atoms. The van der Waals surface area contributed by atoms with Crippen LogP contribution < -0.4 is 10.2 Å². The van der Waals surface area contributed by atoms with Gasteiger partial charge in [-0.05, 0) is 54.8 Å². The summed E-state index contributed by atoms with van der Waals surface area (Å²) in [5.74, 6) is -1.43. The summed E-state index contributed by atoms with van der Waals surface area (Å²) in [7, 11) is 0. The van der Waals surface area contributed by atoms with E-state index in [1.165, 1.54) is 35.6 Å². The molecule has 1 fully saturated rings. The number of rotatable bonds is 6. The van der Waals surface area contributed by atoms with Crippen LogP contribution in [-0.4, -0.2) is 28.7 Å². The molecule has 1 aliphatic rings. The summed E-state index contributed by atoms with van der Waals surface area (Å²) in [4.78, 5) is 31.3. The highest BCUT2D eigenvalue weighted by Gasteiger charge is 2.33. The zero-order valence-electron chi connectivity index (χ0n) is 15.5. The second kappa shape index (κ2) is 9.64. The number of nitrogens with one attached hydrogen (secondary N) is 1. The Labute approximate surface area is 168 Å². The van der Waals surface area contributed by atoms with Crippen molar-refractivity contribution < 1.29 is 14.0 Å². The molecular formula is C21H23ClFN3O2. The van der Waals surface area contributed by atoms with Crippen LogP contribution in [0.4, 0.5) is 10.1 Å². The topological polar surface area (TPSA) is 62.3 Å². The lowest BCUT2D eigenvalue weighted by atomic mass is 9.94. The van der Waals surface area contributed by atoms with Gasteiger partial charge < -0.3 is 5.32 Å². The van der Waals surface area contributed by atoms with Crippen LogP contribution >= 0.6 is 11.6 Å². The normalized spacial score (nSPS) is 15.6. The molecular weight excluding hydrogens is 381 g/mol. The van der Waals surface area contributed by atoms with Crippen LogP contribution in [0.3, 0.4) is 0 Å². The average Bonchev–Trinajstić information content (AvgIpc) is 2.73. The Morgan fingerprint density at radius 2 is 1.75 bits per heavy atom. The van der Waals surface area contributed by atoms with Gasteiger partial charge in [0.05, 0.1) is 0 Å². The number of carbonyl (C=O) groups excluding carboxylic acids is 2. The minimum Gasteiger partial charge on any atom is -0.351 e. The third-order valence-corrected chi connectivity index (χ3v) is 5.20. The van der Waals surface area contributed by atoms with Gasteiger partial charge in [0.1, 0.15) is 17.7 Å². The molecule has 0 bridgehead atoms. The van der Waals surface area contributed by atoms with Crippen molar-refractivity contribution in [2.45, 2.75) is 44.2 Å². The molecule has 2 amide bonds. The number of benzene rings is 1. The lowest BCUT2D eigenvalue weighted by Crippen LogP contribution is -2.47. The average molecular weight is 404 g/mol. The number of nitrogens with zero attached hydrogens (tertiary/aromatic N) is 2. The van der Waals surface area contributed by atoms with E-state index in [0.717, 1.165) is 25.7 Å². The Bertz CT molecular complexity index is 795. The number of halogens is 2. The molecule has 1 unspecified atom stereocenters. The molecule has 1 N–H and O–H groups in total. The molecule has 28 heavy (non-hydrogen) atoms. The van der Waals surface area contributed by atoms with Gasteiger partial charge in [0.2, 0.25) is 11.8 Å². The lowest BCUT2D eigenvalue weighted by molar-refractivity contribution is -0.126. The van der Waals surface area contributed by atoms with E-state index >= 15 is 0 Å². The summed E-state index contributed by atoms with van der Waals surface area (Å²) in [6, 6.07) is 8.03. The first-order valence-corrected chi connectivity index (χ1v) is 9.97. The fourth-order valence-corrected chi connectivity index (χ4v) is 3.72. The molecule has 5 nitrogen and oxygen atoms in total. The van der Waals surface area contributed by atoms with Gasteiger partial charge in [0, 0.05) is 24.1 Å². The van der Waals surface area contributed by atoms with E-state index in [2.05, 4.69) is 10.3 Å². The molecule has 2 aromatic rings. The van der Waals surface area contributed by atoms with Gasteiger partial charge >= 0.3 is 0 Å². The Hall–Kier alpha value is -2.47. The smallest absolute Gasteiger partial charge is 0.248 e. The van der Waals surface area contributed by atoms with Crippen molar-refractivity contribution in [1.82, 2.24) is 10.3 Å². The second-order valence-corrected chi connectivity index (χ2v) is 7.17. The molecule has 7 heteroatoms. The maximum absolute atomic E-state index is 13.4. The highest BCUT2D eigenvalue weighted by atomic mass is 35.5. The number of amides is 2. The highest BCUT2D eigenvalue weighted by molar-refractivity contribution is 6.29. The summed E-state index contributed by atoms with van der Waals surface area (Å²) in [5.41, 5.74) is 1.03. The van der Waals surface area contributed by atoms with Crippen molar-refractivity contribution in [3.8, 4) is 0 Å². The van der Waals surface area contributed by atoms with Crippen molar-refractivity contribution in [2.24, 2.45) is 0 Å². The molecule has 0 saturated heterocycles. The standard InChI is InChI=1S/C21H23ClFN3O2/c22-14-19(27)26(18-8-6-16(23)7-9-18)20(15-10-12-24-13-11-15)21(28)25-17-4-2-1-3-5-17/h6-13,17,20H,1-5,14H2,(H,25,28). The van der Waals surface area contributed by atoms with Crippen molar-refractivity contribution in [2.75, 3.05) is 10.8 Å². The van der Waals surface area contributed by atoms with E-state index in [0.29, 0.717) is 11.3 Å². The van der Waals surface area contributed by atoms with E-state index < -0.39 is 17.8 Å². The molecule has 0 radical (unpaired) electrons. The summed E-state index contributed by atoms with van der Waals surface area (Å²) >= 11 is 5.85. The molecule has 3 rings (SSSR count). The molecule has 1 atom stereocenters. The number of alkyl halides is 1. The van der Waals surface area contributed by atoms with Gasteiger partial charge in [-0.2, -0.15) is 0 Å². The molecule has 148 valence electrons. The summed E-state index contributed by atoms with van der Waals surface area (Å²) in [5, 5.41) is 3.09. The predicted octanol–water partition coefficient (Wildman–Crippen LogP) is 3.98. The van der Waals surface area contributed by atoms with Crippen LogP contribution in [0.2, 0.25) is 0 Å². The molecule has 1 aromatic carbocycles. The first-order valence-electron chi connectivity index (χ1n) is 9.44. The van der Waals surface area contributed by atoms with Gasteiger partial charge in [-0.25, -0.2) is 4.39 Å². The number of hydrogen-bond donors (Lipinski definition) is 1. The molecule has 0 aliphatic heterocycles. The van der Waals surface area contributed by atoms with Gasteiger partial charge in [0.15, 0.2) is 0 Å². The van der Waals surface area contributed by atoms with Crippen LogP contribution in [0.5, 0.6) is 0 Å². The zero-order valence-corrected chi connectivity index (χ0v) is 16.2. The van der Waals surface area contributed by atoms with Gasteiger partial charge in [-0.3, -0.25) is 19.5 Å². The Balaban J connectivity index is 1.98. The van der Waals surface area contributed by atoms with Crippen LogP contribution in [0.25, 0.3) is 0 Å². The summed E-state index contributed by atoms with van der Waals surface area (Å²) < 4.78 is 13.4. The predicted molar refractivity (Wildman–Crippen MR) is 107 cm³/mol. The van der Waals surface area contributed by atoms with Gasteiger partial charge in [0.25, 0.3) is 0 Å². The molecule has 1 heterocycles. The number of hydrogen-bond acceptors (Lipinski definition) is 3. The monoisotopic (exact) mass is 403 g/mol. The second-order valence-electron chi connectivity index (χ2n) is 6.90. The Morgan fingerprint density at radius 1 is 1.11 bits per heavy atom. The molecule has 1 aliphatic carbocycles. The largest absolute Gasteiger partial charge is 0.351 e. The zero-order chi connectivity index (χ0) is 19.9. The number of pyridine rings is 1. The highest BCUT2D eigenvalue weighted by Crippen LogP contribution is 2.29. The lowest BCUT2D eigenvalue weighted by Gasteiger charge is -2.33. The van der Waals surface area contributed by atoms with Crippen LogP contribution in [0.15, 0.2) is 48.8 Å². The van der Waals surface area contributed by atoms with Gasteiger partial charge in [-0.1, -0.05) is 19.3 Å². The van der Waals surface area contributed by atoms with Crippen molar-refractivity contribution in [3.05, 3.63) is 60.2 Å². The van der Waals surface area contributed by atoms with Crippen molar-refractivity contribution in [3.63, 3.8) is 0 Å². The van der Waals surface area contributed by atoms with Crippen molar-refractivity contribution in [1.29, 1.82) is 0 Å². The third kappa shape index (κ3) is 4.87. The quantitative estimate of drug-likeness (QED) is 0.742. The number of carbonyl (C=O) groups is 2. The minimum absolute atomic E-state index is 0.0896. The van der Waals surface area contributed by atoms with Crippen LogP contribution in [0, 0.1) is 5.82 Å². The van der Waals surface area contributed by atoms with Gasteiger partial charge in [-0.15, -0.1) is 11.6 Å². The van der Waals surface area contributed by atoms with E-state index in [4.69, 9.17) is 11.6 Å². The van der Waals surface area contributed by atoms with E-state index in [-0.39, 0.29) is 17.8 Å². The number of aromatic nitrogens is 1. The molecule has 1 saturated carbocycles. The fourth-order valence-electron chi connectivity index (χ4n) is 3.59. The van der Waals surface area contributed by atoms with E-state index in [1.54, 1.807) is 24.5 Å². The Kier molecular flexibility index (Phi) is 6.98. The Morgan fingerprint density at radius 3 is 2.36 bits per heavy atom. The maximum atomic E-state index is 13.4. The van der Waals surface area contributed by atoms with E-state index in [9.17, 15) is 14.0 Å². The fraction of sp³-hybridized carbons (Fsp3) is 0.381. The minimum atomic E-state index is -0.915. The first kappa shape index (κ1) is 20.3. The number of anilines is 1.